The predicted octanol–water partition coefficient (Wildman–Crippen LogP) is 2.35. The van der Waals surface area contributed by atoms with Crippen LogP contribution in [0.2, 0.25) is 0 Å². The minimum atomic E-state index is -3.44. The summed E-state index contributed by atoms with van der Waals surface area (Å²) in [6.45, 7) is 4.67. The molecule has 2 aliphatic rings. The van der Waals surface area contributed by atoms with Gasteiger partial charge in [0.25, 0.3) is 10.2 Å². The topological polar surface area (TPSA) is 69.7 Å². The summed E-state index contributed by atoms with van der Waals surface area (Å²) in [5.41, 5.74) is 1.19. The first kappa shape index (κ1) is 20.3. The van der Waals surface area contributed by atoms with Gasteiger partial charge in [0, 0.05) is 32.7 Å². The highest BCUT2D eigenvalue weighted by atomic mass is 32.2. The van der Waals surface area contributed by atoms with Crippen LogP contribution in [0.15, 0.2) is 30.3 Å². The molecule has 6 nitrogen and oxygen atoms in total. The lowest BCUT2D eigenvalue weighted by atomic mass is 9.97. The SMILES string of the molecule is C[C@H](CNC(=O)[C@@H]1CCCN(S(=O)(=O)N2CCCCC2)C1)c1ccccc1. The maximum atomic E-state index is 12.9. The van der Waals surface area contributed by atoms with E-state index in [9.17, 15) is 13.2 Å². The average Bonchev–Trinajstić information content (AvgIpc) is 2.73. The van der Waals surface area contributed by atoms with Gasteiger partial charge >= 0.3 is 0 Å². The van der Waals surface area contributed by atoms with E-state index in [1.165, 1.54) is 9.87 Å². The lowest BCUT2D eigenvalue weighted by molar-refractivity contribution is -0.126. The first-order chi connectivity index (χ1) is 13.0. The molecule has 2 atom stereocenters. The van der Waals surface area contributed by atoms with E-state index in [2.05, 4.69) is 24.4 Å². The van der Waals surface area contributed by atoms with Crippen LogP contribution >= 0.6 is 0 Å². The standard InChI is InChI=1S/C20H31N3O3S/c1-17(18-9-4-2-5-10-18)15-21-20(24)19-11-8-14-23(16-19)27(25,26)22-12-6-3-7-13-22/h2,4-5,9-10,17,19H,3,6-8,11-16H2,1H3,(H,21,24)/t17-,19-/m1/s1. The van der Waals surface area contributed by atoms with Crippen molar-refractivity contribution >= 4 is 16.1 Å². The van der Waals surface area contributed by atoms with Gasteiger partial charge in [-0.15, -0.1) is 0 Å². The van der Waals surface area contributed by atoms with Gasteiger partial charge in [0.2, 0.25) is 5.91 Å². The van der Waals surface area contributed by atoms with Crippen LogP contribution in [0.25, 0.3) is 0 Å². The van der Waals surface area contributed by atoms with Gasteiger partial charge < -0.3 is 5.32 Å². The van der Waals surface area contributed by atoms with Gasteiger partial charge in [-0.05, 0) is 37.2 Å². The second-order valence-corrected chi connectivity index (χ2v) is 9.65. The summed E-state index contributed by atoms with van der Waals surface area (Å²) in [6.07, 6.45) is 4.43. The molecular weight excluding hydrogens is 362 g/mol. The summed E-state index contributed by atoms with van der Waals surface area (Å²) in [4.78, 5) is 12.6. The zero-order valence-electron chi connectivity index (χ0n) is 16.1. The number of carbonyl (C=O) groups is 1. The van der Waals surface area contributed by atoms with Gasteiger partial charge in [-0.2, -0.15) is 17.0 Å². The van der Waals surface area contributed by atoms with Crippen molar-refractivity contribution in [3.8, 4) is 0 Å². The third-order valence-electron chi connectivity index (χ3n) is 5.67. The van der Waals surface area contributed by atoms with Crippen molar-refractivity contribution in [2.75, 3.05) is 32.7 Å². The molecule has 1 N–H and O–H groups in total. The maximum Gasteiger partial charge on any atom is 0.281 e. The number of piperidine rings is 2. The number of carbonyl (C=O) groups excluding carboxylic acids is 1. The molecule has 1 aromatic carbocycles. The minimum Gasteiger partial charge on any atom is -0.355 e. The maximum absolute atomic E-state index is 12.9. The van der Waals surface area contributed by atoms with Crippen molar-refractivity contribution in [1.82, 2.24) is 13.9 Å². The van der Waals surface area contributed by atoms with Crippen molar-refractivity contribution in [1.29, 1.82) is 0 Å². The van der Waals surface area contributed by atoms with E-state index < -0.39 is 10.2 Å². The molecule has 2 heterocycles. The molecule has 1 aromatic rings. The Kier molecular flexibility index (Phi) is 6.89. The molecule has 27 heavy (non-hydrogen) atoms. The van der Waals surface area contributed by atoms with E-state index in [-0.39, 0.29) is 17.7 Å². The summed E-state index contributed by atoms with van der Waals surface area (Å²) in [5, 5.41) is 3.03. The normalized spacial score (nSPS) is 23.7. The van der Waals surface area contributed by atoms with Gasteiger partial charge in [-0.3, -0.25) is 4.79 Å². The molecule has 0 radical (unpaired) electrons. The number of hydrogen-bond acceptors (Lipinski definition) is 3. The number of amides is 1. The smallest absolute Gasteiger partial charge is 0.281 e. The monoisotopic (exact) mass is 393 g/mol. The molecule has 7 heteroatoms. The Labute approximate surface area is 163 Å². The Balaban J connectivity index is 1.54. The molecule has 0 saturated carbocycles. The second kappa shape index (κ2) is 9.17. The molecule has 150 valence electrons. The van der Waals surface area contributed by atoms with Crippen LogP contribution in [0.4, 0.5) is 0 Å². The van der Waals surface area contributed by atoms with E-state index >= 15 is 0 Å². The van der Waals surface area contributed by atoms with Crippen LogP contribution in [-0.2, 0) is 15.0 Å². The number of hydrogen-bond donors (Lipinski definition) is 1. The van der Waals surface area contributed by atoms with Gasteiger partial charge in [0.05, 0.1) is 5.92 Å². The summed E-state index contributed by atoms with van der Waals surface area (Å²) in [6, 6.07) is 10.1. The van der Waals surface area contributed by atoms with Crippen LogP contribution in [-0.4, -0.2) is 55.7 Å². The largest absolute Gasteiger partial charge is 0.355 e. The fourth-order valence-electron chi connectivity index (χ4n) is 3.92. The van der Waals surface area contributed by atoms with Crippen molar-refractivity contribution in [3.63, 3.8) is 0 Å². The lowest BCUT2D eigenvalue weighted by Crippen LogP contribution is -2.51. The number of nitrogens with zero attached hydrogens (tertiary/aromatic N) is 2. The quantitative estimate of drug-likeness (QED) is 0.807. The second-order valence-electron chi connectivity index (χ2n) is 7.72. The zero-order chi connectivity index (χ0) is 19.3. The molecule has 0 unspecified atom stereocenters. The van der Waals surface area contributed by atoms with Crippen molar-refractivity contribution in [3.05, 3.63) is 35.9 Å². The Bertz CT molecular complexity index is 717. The van der Waals surface area contributed by atoms with E-state index in [1.54, 1.807) is 4.31 Å². The third-order valence-corrected chi connectivity index (χ3v) is 7.68. The number of benzene rings is 1. The highest BCUT2D eigenvalue weighted by molar-refractivity contribution is 7.86. The first-order valence-electron chi connectivity index (χ1n) is 10.1. The van der Waals surface area contributed by atoms with Crippen molar-refractivity contribution in [2.24, 2.45) is 5.92 Å². The van der Waals surface area contributed by atoms with Crippen molar-refractivity contribution in [2.45, 2.75) is 44.9 Å². The zero-order valence-corrected chi connectivity index (χ0v) is 17.0. The van der Waals surface area contributed by atoms with Crippen LogP contribution < -0.4 is 5.32 Å². The summed E-state index contributed by atoms with van der Waals surface area (Å²) < 4.78 is 28.9. The molecule has 0 aliphatic carbocycles. The van der Waals surface area contributed by atoms with Crippen LogP contribution in [0, 0.1) is 5.92 Å². The summed E-state index contributed by atoms with van der Waals surface area (Å²) >= 11 is 0. The molecule has 3 rings (SSSR count). The Morgan fingerprint density at radius 2 is 1.74 bits per heavy atom. The van der Waals surface area contributed by atoms with Crippen LogP contribution in [0.3, 0.4) is 0 Å². The molecular formula is C20H31N3O3S. The fourth-order valence-corrected chi connectivity index (χ4v) is 5.70. The molecule has 0 spiro atoms. The van der Waals surface area contributed by atoms with Gasteiger partial charge in [0.1, 0.15) is 0 Å². The Hall–Kier alpha value is -1.44. The number of nitrogens with one attached hydrogen (secondary N) is 1. The van der Waals surface area contributed by atoms with Crippen LogP contribution in [0.5, 0.6) is 0 Å². The van der Waals surface area contributed by atoms with Gasteiger partial charge in [-0.1, -0.05) is 43.7 Å². The van der Waals surface area contributed by atoms with Crippen molar-refractivity contribution < 1.29 is 13.2 Å². The Morgan fingerprint density at radius 3 is 2.44 bits per heavy atom. The fraction of sp³-hybridized carbons (Fsp3) is 0.650. The molecule has 2 aliphatic heterocycles. The number of rotatable bonds is 6. The van der Waals surface area contributed by atoms with E-state index in [0.29, 0.717) is 32.7 Å². The van der Waals surface area contributed by atoms with E-state index in [4.69, 9.17) is 0 Å². The highest BCUT2D eigenvalue weighted by Gasteiger charge is 2.36. The minimum absolute atomic E-state index is 0.0312. The van der Waals surface area contributed by atoms with E-state index in [1.807, 2.05) is 18.2 Å². The summed E-state index contributed by atoms with van der Waals surface area (Å²) in [5.74, 6) is -0.0652. The predicted molar refractivity (Wildman–Crippen MR) is 107 cm³/mol. The van der Waals surface area contributed by atoms with Crippen LogP contribution in [0.1, 0.15) is 50.5 Å². The Morgan fingerprint density at radius 1 is 1.07 bits per heavy atom. The highest BCUT2D eigenvalue weighted by Crippen LogP contribution is 2.24. The molecule has 0 bridgehead atoms. The third kappa shape index (κ3) is 5.09. The van der Waals surface area contributed by atoms with E-state index in [0.717, 1.165) is 32.1 Å². The van der Waals surface area contributed by atoms with Gasteiger partial charge in [-0.25, -0.2) is 0 Å². The molecule has 1 amide bonds. The summed E-state index contributed by atoms with van der Waals surface area (Å²) in [7, 11) is -3.44. The average molecular weight is 394 g/mol. The molecule has 2 fully saturated rings. The lowest BCUT2D eigenvalue weighted by Gasteiger charge is -2.36. The first-order valence-corrected chi connectivity index (χ1v) is 11.5. The van der Waals surface area contributed by atoms with Gasteiger partial charge in [0.15, 0.2) is 0 Å². The molecule has 2 saturated heterocycles. The molecule has 0 aromatic heterocycles.